The van der Waals surface area contributed by atoms with Crippen LogP contribution < -0.4 is 10.2 Å². The van der Waals surface area contributed by atoms with E-state index in [4.69, 9.17) is 0 Å². The number of H-pyrrole nitrogens is 1. The maximum atomic E-state index is 10.5. The predicted molar refractivity (Wildman–Crippen MR) is 123 cm³/mol. The first-order valence-corrected chi connectivity index (χ1v) is 9.29. The first-order chi connectivity index (χ1) is 13.2. The second-order valence-electron chi connectivity index (χ2n) is 8.61. The largest absolute Gasteiger partial charge is 0.507 e. The molecule has 0 unspecified atom stereocenters. The van der Waals surface area contributed by atoms with E-state index in [1.807, 2.05) is 12.1 Å². The molecule has 1 aromatic carbocycles. The minimum absolute atomic E-state index is 0. The Morgan fingerprint density at radius 2 is 1.67 bits per heavy atom. The summed E-state index contributed by atoms with van der Waals surface area (Å²) in [6, 6.07) is 5.42. The Labute approximate surface area is 188 Å². The minimum atomic E-state index is -0.0506. The highest BCUT2D eigenvalue weighted by Gasteiger charge is 2.37. The molecule has 10 heteroatoms. The Hall–Kier alpha value is -2.42. The number of nitrogens with one attached hydrogen (secondary N) is 2. The van der Waals surface area contributed by atoms with Gasteiger partial charge in [0.05, 0.1) is 12.4 Å². The topological polar surface area (TPSA) is 103 Å². The number of phenolic OH excluding ortho intramolecular Hbond substituents is 1. The lowest BCUT2D eigenvalue weighted by molar-refractivity contribution is 0.224. The van der Waals surface area contributed by atoms with Crippen LogP contribution in [0.2, 0.25) is 0 Å². The minimum Gasteiger partial charge on any atom is -0.507 e. The summed E-state index contributed by atoms with van der Waals surface area (Å²) >= 11 is 0. The number of aromatic amines is 1. The van der Waals surface area contributed by atoms with Gasteiger partial charge in [0.2, 0.25) is 5.95 Å². The molecule has 0 amide bonds. The lowest BCUT2D eigenvalue weighted by Gasteiger charge is -2.48. The molecule has 0 spiro atoms. The van der Waals surface area contributed by atoms with Crippen LogP contribution in [0.1, 0.15) is 27.7 Å². The summed E-state index contributed by atoms with van der Waals surface area (Å²) < 4.78 is 0. The van der Waals surface area contributed by atoms with Gasteiger partial charge in [0.25, 0.3) is 0 Å². The van der Waals surface area contributed by atoms with Crippen molar-refractivity contribution in [2.45, 2.75) is 38.8 Å². The van der Waals surface area contributed by atoms with Crippen molar-refractivity contribution in [3.63, 3.8) is 0 Å². The molecule has 162 valence electrons. The van der Waals surface area contributed by atoms with E-state index in [1.165, 1.54) is 0 Å². The Morgan fingerprint density at radius 3 is 2.20 bits per heavy atom. The number of halogens is 2. The van der Waals surface area contributed by atoms with E-state index < -0.39 is 0 Å². The van der Waals surface area contributed by atoms with Crippen LogP contribution in [0.15, 0.2) is 36.8 Å². The first kappa shape index (κ1) is 23.9. The third-order valence-corrected chi connectivity index (χ3v) is 4.79. The summed E-state index contributed by atoms with van der Waals surface area (Å²) in [5.74, 6) is 0.730. The molecule has 4 rings (SSSR count). The summed E-state index contributed by atoms with van der Waals surface area (Å²) in [4.78, 5) is 6.67. The normalized spacial score (nSPS) is 17.0. The number of aromatic nitrogens is 5. The van der Waals surface area contributed by atoms with Gasteiger partial charge in [0, 0.05) is 41.5 Å². The highest BCUT2D eigenvalue weighted by atomic mass is 35.5. The molecule has 30 heavy (non-hydrogen) atoms. The van der Waals surface area contributed by atoms with Gasteiger partial charge in [-0.1, -0.05) is 6.07 Å². The molecule has 0 atom stereocenters. The zero-order valence-corrected chi connectivity index (χ0v) is 19.0. The molecule has 3 heterocycles. The van der Waals surface area contributed by atoms with Gasteiger partial charge in [-0.3, -0.25) is 5.10 Å². The second kappa shape index (κ2) is 8.75. The molecular weight excluding hydrogens is 425 g/mol. The summed E-state index contributed by atoms with van der Waals surface area (Å²) in [5, 5.41) is 29.4. The number of benzene rings is 1. The van der Waals surface area contributed by atoms with Gasteiger partial charge in [-0.15, -0.1) is 35.0 Å². The monoisotopic (exact) mass is 451 g/mol. The zero-order chi connectivity index (χ0) is 19.9. The Bertz CT molecular complexity index is 959. The van der Waals surface area contributed by atoms with E-state index in [0.717, 1.165) is 24.2 Å². The fourth-order valence-corrected chi connectivity index (χ4v) is 4.02. The Kier molecular flexibility index (Phi) is 6.96. The fraction of sp³-hybridized carbons (Fsp3) is 0.400. The average Bonchev–Trinajstić information content (AvgIpc) is 3.14. The average molecular weight is 452 g/mol. The Balaban J connectivity index is 0.00000160. The van der Waals surface area contributed by atoms with Gasteiger partial charge < -0.3 is 15.3 Å². The molecule has 3 N–H and O–H groups in total. The zero-order valence-electron chi connectivity index (χ0n) is 17.4. The van der Waals surface area contributed by atoms with E-state index in [9.17, 15) is 5.11 Å². The molecule has 8 nitrogen and oxygen atoms in total. The van der Waals surface area contributed by atoms with E-state index in [0.29, 0.717) is 17.2 Å². The summed E-state index contributed by atoms with van der Waals surface area (Å²) in [5.41, 5.74) is 2.81. The molecule has 0 aliphatic carbocycles. The first-order valence-electron chi connectivity index (χ1n) is 9.29. The maximum Gasteiger partial charge on any atom is 0.245 e. The van der Waals surface area contributed by atoms with Gasteiger partial charge in [0.1, 0.15) is 11.4 Å². The van der Waals surface area contributed by atoms with E-state index in [1.54, 1.807) is 24.7 Å². The smallest absolute Gasteiger partial charge is 0.245 e. The highest BCUT2D eigenvalue weighted by molar-refractivity contribution is 5.85. The molecule has 1 aliphatic rings. The highest BCUT2D eigenvalue weighted by Crippen LogP contribution is 2.32. The quantitative estimate of drug-likeness (QED) is 0.560. The van der Waals surface area contributed by atoms with E-state index in [2.05, 4.69) is 63.3 Å². The van der Waals surface area contributed by atoms with Gasteiger partial charge in [0.15, 0.2) is 0 Å². The van der Waals surface area contributed by atoms with Crippen LogP contribution in [0.25, 0.3) is 22.4 Å². The second-order valence-corrected chi connectivity index (χ2v) is 8.61. The number of hydrogen-bond donors (Lipinski definition) is 3. The molecule has 0 bridgehead atoms. The maximum absolute atomic E-state index is 10.5. The van der Waals surface area contributed by atoms with Crippen molar-refractivity contribution in [2.24, 2.45) is 0 Å². The molecule has 0 radical (unpaired) electrons. The number of phenols is 1. The summed E-state index contributed by atoms with van der Waals surface area (Å²) in [6.07, 6.45) is 5.15. The van der Waals surface area contributed by atoms with Crippen LogP contribution in [-0.4, -0.2) is 54.7 Å². The predicted octanol–water partition coefficient (Wildman–Crippen LogP) is 3.44. The lowest BCUT2D eigenvalue weighted by atomic mass is 9.92. The third-order valence-electron chi connectivity index (χ3n) is 4.79. The molecule has 0 saturated carbocycles. The van der Waals surface area contributed by atoms with Crippen LogP contribution >= 0.6 is 24.8 Å². The van der Waals surface area contributed by atoms with E-state index >= 15 is 0 Å². The number of anilines is 1. The van der Waals surface area contributed by atoms with Crippen molar-refractivity contribution in [2.75, 3.05) is 18.0 Å². The van der Waals surface area contributed by atoms with Crippen molar-refractivity contribution in [1.82, 2.24) is 30.7 Å². The van der Waals surface area contributed by atoms with Gasteiger partial charge in [-0.2, -0.15) is 5.10 Å². The molecule has 1 saturated heterocycles. The molecule has 1 aliphatic heterocycles. The van der Waals surface area contributed by atoms with Crippen molar-refractivity contribution in [3.05, 3.63) is 36.8 Å². The standard InChI is InChI=1S/C20H25N7O.2ClH/c1-19(2)11-27(12-20(3,4)26-19)18-21-10-16(24-25-18)15-6-5-13(7-17(15)28)14-8-22-23-9-14;;/h5-10,26,28H,11-12H2,1-4H3,(H,22,23);2*1H. The van der Waals surface area contributed by atoms with Gasteiger partial charge in [-0.25, -0.2) is 4.98 Å². The number of aromatic hydroxyl groups is 1. The molecule has 2 aromatic heterocycles. The number of piperazine rings is 1. The van der Waals surface area contributed by atoms with Crippen LogP contribution in [0.4, 0.5) is 5.95 Å². The Morgan fingerprint density at radius 1 is 0.967 bits per heavy atom. The van der Waals surface area contributed by atoms with Crippen LogP contribution in [0, 0.1) is 0 Å². The van der Waals surface area contributed by atoms with Crippen molar-refractivity contribution >= 4 is 30.8 Å². The lowest BCUT2D eigenvalue weighted by Crippen LogP contribution is -2.67. The van der Waals surface area contributed by atoms with Crippen molar-refractivity contribution in [1.29, 1.82) is 0 Å². The van der Waals surface area contributed by atoms with E-state index in [-0.39, 0.29) is 41.6 Å². The number of rotatable bonds is 3. The summed E-state index contributed by atoms with van der Waals surface area (Å²) in [6.45, 7) is 10.3. The van der Waals surface area contributed by atoms with Crippen LogP contribution in [-0.2, 0) is 0 Å². The summed E-state index contributed by atoms with van der Waals surface area (Å²) in [7, 11) is 0. The van der Waals surface area contributed by atoms with Gasteiger partial charge >= 0.3 is 0 Å². The van der Waals surface area contributed by atoms with Crippen LogP contribution in [0.3, 0.4) is 0 Å². The number of nitrogens with zero attached hydrogens (tertiary/aromatic N) is 5. The van der Waals surface area contributed by atoms with Crippen LogP contribution in [0.5, 0.6) is 5.75 Å². The fourth-order valence-electron chi connectivity index (χ4n) is 4.02. The third kappa shape index (κ3) is 5.00. The van der Waals surface area contributed by atoms with Crippen molar-refractivity contribution in [3.8, 4) is 28.1 Å². The SMILES string of the molecule is CC1(C)CN(c2ncc(-c3ccc(-c4cn[nH]c4)cc3O)nn2)CC(C)(C)N1.Cl.Cl. The molecule has 3 aromatic rings. The molecular formula is C20H27Cl2N7O. The van der Waals surface area contributed by atoms with Crippen molar-refractivity contribution < 1.29 is 5.11 Å². The van der Waals surface area contributed by atoms with Gasteiger partial charge in [-0.05, 0) is 45.4 Å². The molecule has 1 fully saturated rings. The number of hydrogen-bond acceptors (Lipinski definition) is 7.